The third kappa shape index (κ3) is 5.23. The number of benzene rings is 1. The van der Waals surface area contributed by atoms with E-state index in [4.69, 9.17) is 4.74 Å². The number of piperidine rings is 1. The lowest BCUT2D eigenvalue weighted by atomic mass is 9.95. The Labute approximate surface area is 178 Å². The van der Waals surface area contributed by atoms with Crippen LogP contribution in [-0.4, -0.2) is 63.4 Å². The average molecular weight is 430 g/mol. The smallest absolute Gasteiger partial charge is 0.323 e. The number of nitro benzene ring substituents is 1. The number of urea groups is 1. The number of nitrogens with zero attached hydrogens (tertiary/aromatic N) is 5. The molecule has 2 aliphatic heterocycles. The molecule has 31 heavy (non-hydrogen) atoms. The van der Waals surface area contributed by atoms with Crippen LogP contribution in [0.5, 0.6) is 11.6 Å². The summed E-state index contributed by atoms with van der Waals surface area (Å²) in [7, 11) is 0. The van der Waals surface area contributed by atoms with Gasteiger partial charge in [0.25, 0.3) is 5.69 Å². The number of non-ortho nitro benzene ring substituents is 1. The molecule has 0 spiro atoms. The molecule has 11 heteroatoms. The van der Waals surface area contributed by atoms with Gasteiger partial charge in [-0.15, -0.1) is 0 Å². The van der Waals surface area contributed by atoms with Crippen molar-refractivity contribution in [1.29, 1.82) is 0 Å². The Morgan fingerprint density at radius 1 is 1.23 bits per heavy atom. The number of rotatable bonds is 6. The third-order valence-electron chi connectivity index (χ3n) is 5.58. The molecule has 0 aliphatic carbocycles. The molecule has 0 bridgehead atoms. The first-order chi connectivity index (χ1) is 15.0. The molecule has 2 saturated heterocycles. The van der Waals surface area contributed by atoms with Crippen LogP contribution in [0.1, 0.15) is 19.3 Å². The highest BCUT2D eigenvalue weighted by molar-refractivity contribution is 5.88. The Hall–Kier alpha value is -3.34. The second kappa shape index (κ2) is 9.21. The van der Waals surface area contributed by atoms with Gasteiger partial charge in [0.1, 0.15) is 12.1 Å². The number of ether oxygens (including phenoxy) is 1. The van der Waals surface area contributed by atoms with E-state index in [1.165, 1.54) is 31.9 Å². The fourth-order valence-corrected chi connectivity index (χ4v) is 3.70. The van der Waals surface area contributed by atoms with E-state index in [1.807, 2.05) is 0 Å². The van der Waals surface area contributed by atoms with E-state index < -0.39 is 10.7 Å². The van der Waals surface area contributed by atoms with E-state index in [1.54, 1.807) is 4.90 Å². The maximum absolute atomic E-state index is 14.0. The first kappa shape index (κ1) is 20.9. The Morgan fingerprint density at radius 3 is 2.65 bits per heavy atom. The van der Waals surface area contributed by atoms with Crippen LogP contribution in [0.3, 0.4) is 0 Å². The Kier molecular flexibility index (Phi) is 6.21. The monoisotopic (exact) mass is 430 g/mol. The summed E-state index contributed by atoms with van der Waals surface area (Å²) in [6.45, 7) is 4.85. The van der Waals surface area contributed by atoms with Gasteiger partial charge >= 0.3 is 6.03 Å². The van der Waals surface area contributed by atoms with Crippen molar-refractivity contribution in [2.75, 3.05) is 38.0 Å². The van der Waals surface area contributed by atoms with Gasteiger partial charge in [0.05, 0.1) is 11.0 Å². The predicted octanol–water partition coefficient (Wildman–Crippen LogP) is 3.27. The maximum Gasteiger partial charge on any atom is 0.323 e. The van der Waals surface area contributed by atoms with E-state index in [9.17, 15) is 19.3 Å². The van der Waals surface area contributed by atoms with Gasteiger partial charge in [-0.05, 0) is 44.3 Å². The summed E-state index contributed by atoms with van der Waals surface area (Å²) in [5.74, 6) is -0.253. The fourth-order valence-electron chi connectivity index (χ4n) is 3.70. The van der Waals surface area contributed by atoms with Crippen molar-refractivity contribution in [3.05, 3.63) is 46.5 Å². The molecule has 0 unspecified atom stereocenters. The number of hydrogen-bond donors (Lipinski definition) is 1. The predicted molar refractivity (Wildman–Crippen MR) is 110 cm³/mol. The fraction of sp³-hybridized carbons (Fsp3) is 0.450. The molecule has 3 heterocycles. The number of nitro groups is 1. The van der Waals surface area contributed by atoms with Crippen molar-refractivity contribution >= 4 is 17.5 Å². The molecule has 0 saturated carbocycles. The van der Waals surface area contributed by atoms with Crippen molar-refractivity contribution < 1.29 is 18.8 Å². The van der Waals surface area contributed by atoms with Gasteiger partial charge in [-0.2, -0.15) is 0 Å². The molecule has 2 fully saturated rings. The molecule has 1 aromatic carbocycles. The molecule has 0 radical (unpaired) electrons. The molecular formula is C20H23FN6O4. The van der Waals surface area contributed by atoms with Crippen molar-refractivity contribution in [1.82, 2.24) is 19.8 Å². The van der Waals surface area contributed by atoms with Crippen LogP contribution >= 0.6 is 0 Å². The number of carbonyl (C=O) groups excluding carboxylic acids is 1. The highest BCUT2D eigenvalue weighted by Crippen LogP contribution is 2.27. The van der Waals surface area contributed by atoms with Crippen LogP contribution in [0.25, 0.3) is 0 Å². The Balaban J connectivity index is 1.32. The number of nitrogens with one attached hydrogen (secondary N) is 1. The van der Waals surface area contributed by atoms with Gasteiger partial charge in [0.15, 0.2) is 11.6 Å². The number of likely N-dealkylation sites (tertiary alicyclic amines) is 2. The van der Waals surface area contributed by atoms with Crippen LogP contribution in [-0.2, 0) is 0 Å². The van der Waals surface area contributed by atoms with Gasteiger partial charge in [0, 0.05) is 31.8 Å². The molecule has 1 N–H and O–H groups in total. The summed E-state index contributed by atoms with van der Waals surface area (Å²) in [4.78, 5) is 34.7. The van der Waals surface area contributed by atoms with Crippen LogP contribution in [0.4, 0.5) is 20.7 Å². The molecule has 0 atom stereocenters. The van der Waals surface area contributed by atoms with Crippen LogP contribution in [0.15, 0.2) is 30.6 Å². The van der Waals surface area contributed by atoms with Crippen molar-refractivity contribution in [2.24, 2.45) is 5.92 Å². The lowest BCUT2D eigenvalue weighted by Gasteiger charge is -2.38. The summed E-state index contributed by atoms with van der Waals surface area (Å²) in [5.41, 5.74) is -0.380. The normalized spacial score (nSPS) is 17.1. The quantitative estimate of drug-likeness (QED) is 0.553. The molecule has 1 aromatic heterocycles. The van der Waals surface area contributed by atoms with E-state index in [-0.39, 0.29) is 29.2 Å². The largest absolute Gasteiger partial charge is 0.436 e. The molecule has 2 aliphatic rings. The van der Waals surface area contributed by atoms with E-state index in [0.29, 0.717) is 19.0 Å². The molecule has 164 valence electrons. The van der Waals surface area contributed by atoms with Crippen molar-refractivity contribution in [3.8, 4) is 11.6 Å². The van der Waals surface area contributed by atoms with Gasteiger partial charge in [-0.25, -0.2) is 19.2 Å². The van der Waals surface area contributed by atoms with Gasteiger partial charge in [-0.1, -0.05) is 0 Å². The molecule has 2 aromatic rings. The highest BCUT2D eigenvalue weighted by Gasteiger charge is 2.26. The standard InChI is InChI=1S/C20H23FN6O4/c21-16-10-15(27(29)30)2-3-17(16)31-19-11-18(22-13-23-19)24-20(28)26-8-4-14(5-9-26)12-25-6-1-7-25/h2-3,10-11,13-14H,1,4-9,12H2,(H,22,23,24,28). The van der Waals surface area contributed by atoms with E-state index in [2.05, 4.69) is 20.2 Å². The van der Waals surface area contributed by atoms with Crippen LogP contribution in [0.2, 0.25) is 0 Å². The molecule has 4 rings (SSSR count). The minimum absolute atomic E-state index is 0.00584. The first-order valence-electron chi connectivity index (χ1n) is 10.2. The summed E-state index contributed by atoms with van der Waals surface area (Å²) in [5, 5.41) is 13.4. The number of amides is 2. The van der Waals surface area contributed by atoms with Crippen LogP contribution in [0, 0.1) is 21.8 Å². The summed E-state index contributed by atoms with van der Waals surface area (Å²) < 4.78 is 19.4. The van der Waals surface area contributed by atoms with Crippen LogP contribution < -0.4 is 10.1 Å². The van der Waals surface area contributed by atoms with E-state index in [0.717, 1.165) is 37.6 Å². The van der Waals surface area contributed by atoms with Crippen molar-refractivity contribution in [2.45, 2.75) is 19.3 Å². The molecule has 10 nitrogen and oxygen atoms in total. The number of aromatic nitrogens is 2. The number of halogens is 1. The summed E-state index contributed by atoms with van der Waals surface area (Å²) >= 11 is 0. The minimum Gasteiger partial charge on any atom is -0.436 e. The zero-order chi connectivity index (χ0) is 21.8. The molecular weight excluding hydrogens is 407 g/mol. The third-order valence-corrected chi connectivity index (χ3v) is 5.58. The Morgan fingerprint density at radius 2 is 2.00 bits per heavy atom. The average Bonchev–Trinajstić information content (AvgIpc) is 2.73. The second-order valence-corrected chi connectivity index (χ2v) is 7.73. The zero-order valence-corrected chi connectivity index (χ0v) is 16.9. The van der Waals surface area contributed by atoms with Gasteiger partial charge in [-0.3, -0.25) is 15.4 Å². The SMILES string of the molecule is O=C(Nc1cc(Oc2ccc([N+](=O)[O-])cc2F)ncn1)N1CCC(CN2CCC2)CC1. The number of anilines is 1. The van der Waals surface area contributed by atoms with Gasteiger partial charge in [0.2, 0.25) is 5.88 Å². The van der Waals surface area contributed by atoms with Gasteiger partial charge < -0.3 is 14.5 Å². The minimum atomic E-state index is -0.889. The Bertz CT molecular complexity index is 962. The molecule has 2 amide bonds. The topological polar surface area (TPSA) is 114 Å². The zero-order valence-electron chi connectivity index (χ0n) is 16.9. The number of carbonyl (C=O) groups is 1. The van der Waals surface area contributed by atoms with Crippen molar-refractivity contribution in [3.63, 3.8) is 0 Å². The highest BCUT2D eigenvalue weighted by atomic mass is 19.1. The first-order valence-corrected chi connectivity index (χ1v) is 10.2. The lowest BCUT2D eigenvalue weighted by Crippen LogP contribution is -2.46. The van der Waals surface area contributed by atoms with E-state index >= 15 is 0 Å². The lowest BCUT2D eigenvalue weighted by molar-refractivity contribution is -0.385. The number of hydrogen-bond acceptors (Lipinski definition) is 7. The second-order valence-electron chi connectivity index (χ2n) is 7.73. The maximum atomic E-state index is 14.0. The summed E-state index contributed by atoms with van der Waals surface area (Å²) in [6.07, 6.45) is 4.42. The summed E-state index contributed by atoms with van der Waals surface area (Å²) in [6, 6.07) is 4.17.